The number of carbonyl (C=O) groups excluding carboxylic acids is 1. The van der Waals surface area contributed by atoms with Crippen molar-refractivity contribution in [2.24, 2.45) is 5.73 Å². The van der Waals surface area contributed by atoms with Gasteiger partial charge in [0.15, 0.2) is 0 Å². The average Bonchev–Trinajstić information content (AvgIpc) is 2.21. The molecule has 0 aromatic heterocycles. The maximum absolute atomic E-state index is 10.7. The molecule has 2 nitrogen and oxygen atoms in total. The van der Waals surface area contributed by atoms with E-state index in [0.717, 1.165) is 12.8 Å². The molecule has 0 heterocycles. The zero-order valence-corrected chi connectivity index (χ0v) is 11.4. The first-order chi connectivity index (χ1) is 7.18. The summed E-state index contributed by atoms with van der Waals surface area (Å²) in [4.78, 5) is 10.6. The zero-order chi connectivity index (χ0) is 11.5. The lowest BCUT2D eigenvalue weighted by Gasteiger charge is -2.04. The summed E-state index contributed by atoms with van der Waals surface area (Å²) >= 11 is 3.27. The molecule has 0 aliphatic carbocycles. The molecule has 3 heteroatoms. The summed E-state index contributed by atoms with van der Waals surface area (Å²) in [5, 5.41) is 0. The first kappa shape index (κ1) is 14.9. The molecule has 0 aromatic carbocycles. The Morgan fingerprint density at radius 1 is 1.07 bits per heavy atom. The van der Waals surface area contributed by atoms with Crippen molar-refractivity contribution in [3.05, 3.63) is 0 Å². The molecular formula is C12H24BrNO. The fourth-order valence-electron chi connectivity index (χ4n) is 1.60. The molecule has 0 bridgehead atoms. The molecule has 0 saturated heterocycles. The largest absolute Gasteiger partial charge is 0.369 e. The van der Waals surface area contributed by atoms with Crippen molar-refractivity contribution in [3.63, 3.8) is 0 Å². The molecule has 0 aromatic rings. The Kier molecular flexibility index (Phi) is 10.4. The van der Waals surface area contributed by atoms with Gasteiger partial charge in [0.2, 0.25) is 5.91 Å². The maximum Gasteiger partial charge on any atom is 0.231 e. The van der Waals surface area contributed by atoms with Gasteiger partial charge < -0.3 is 5.73 Å². The highest BCUT2D eigenvalue weighted by atomic mass is 79.9. The zero-order valence-electron chi connectivity index (χ0n) is 9.80. The number of nitrogens with two attached hydrogens (primary N) is 1. The second-order valence-corrected chi connectivity index (χ2v) is 5.24. The van der Waals surface area contributed by atoms with Gasteiger partial charge in [-0.05, 0) is 6.42 Å². The third-order valence-corrected chi connectivity index (χ3v) is 3.53. The number of amides is 1. The van der Waals surface area contributed by atoms with E-state index in [1.165, 1.54) is 44.9 Å². The molecule has 0 rings (SSSR count). The van der Waals surface area contributed by atoms with Crippen LogP contribution in [0, 0.1) is 0 Å². The van der Waals surface area contributed by atoms with Crippen LogP contribution in [-0.2, 0) is 4.79 Å². The van der Waals surface area contributed by atoms with Crippen LogP contribution in [0.5, 0.6) is 0 Å². The second-order valence-electron chi connectivity index (χ2n) is 4.13. The molecule has 0 radical (unpaired) electrons. The summed E-state index contributed by atoms with van der Waals surface area (Å²) in [5.74, 6) is -0.238. The molecule has 0 fully saturated rings. The molecule has 0 aliphatic rings. The molecule has 1 atom stereocenters. The van der Waals surface area contributed by atoms with E-state index in [1.807, 2.05) is 0 Å². The number of primary amides is 1. The molecule has 0 saturated carbocycles. The van der Waals surface area contributed by atoms with E-state index in [2.05, 4.69) is 22.9 Å². The molecule has 1 amide bonds. The molecule has 1 unspecified atom stereocenters. The topological polar surface area (TPSA) is 43.1 Å². The third kappa shape index (κ3) is 10.2. The van der Waals surface area contributed by atoms with Crippen molar-refractivity contribution >= 4 is 21.8 Å². The number of carbonyl (C=O) groups is 1. The normalized spacial score (nSPS) is 12.7. The molecule has 15 heavy (non-hydrogen) atoms. The lowest BCUT2D eigenvalue weighted by atomic mass is 10.1. The number of alkyl halides is 1. The third-order valence-electron chi connectivity index (χ3n) is 2.62. The van der Waals surface area contributed by atoms with Gasteiger partial charge >= 0.3 is 0 Å². The van der Waals surface area contributed by atoms with Gasteiger partial charge in [0.05, 0.1) is 4.83 Å². The van der Waals surface area contributed by atoms with Gasteiger partial charge in [-0.3, -0.25) is 4.79 Å². The van der Waals surface area contributed by atoms with Gasteiger partial charge in [0, 0.05) is 0 Å². The SMILES string of the molecule is CCCCCCCCCCC(Br)C(N)=O. The molecular weight excluding hydrogens is 254 g/mol. The highest BCUT2D eigenvalue weighted by molar-refractivity contribution is 9.10. The fraction of sp³-hybridized carbons (Fsp3) is 0.917. The number of rotatable bonds is 10. The highest BCUT2D eigenvalue weighted by Crippen LogP contribution is 2.13. The summed E-state index contributed by atoms with van der Waals surface area (Å²) in [7, 11) is 0. The molecule has 90 valence electrons. The van der Waals surface area contributed by atoms with Crippen molar-refractivity contribution in [1.82, 2.24) is 0 Å². The van der Waals surface area contributed by atoms with E-state index in [-0.39, 0.29) is 10.7 Å². The van der Waals surface area contributed by atoms with Crippen molar-refractivity contribution < 1.29 is 4.79 Å². The van der Waals surface area contributed by atoms with E-state index in [1.54, 1.807) is 0 Å². The van der Waals surface area contributed by atoms with Crippen molar-refractivity contribution in [2.45, 2.75) is 69.5 Å². The van der Waals surface area contributed by atoms with Crippen LogP contribution >= 0.6 is 15.9 Å². The maximum atomic E-state index is 10.7. The summed E-state index contributed by atoms with van der Waals surface area (Å²) < 4.78 is 0. The van der Waals surface area contributed by atoms with E-state index in [4.69, 9.17) is 5.73 Å². The lowest BCUT2D eigenvalue weighted by Crippen LogP contribution is -2.22. The van der Waals surface area contributed by atoms with E-state index < -0.39 is 0 Å². The Labute approximate surface area is 102 Å². The summed E-state index contributed by atoms with van der Waals surface area (Å²) in [6.45, 7) is 2.24. The summed E-state index contributed by atoms with van der Waals surface area (Å²) in [6.07, 6.45) is 11.2. The minimum absolute atomic E-state index is 0.127. The van der Waals surface area contributed by atoms with E-state index in [9.17, 15) is 4.79 Å². The number of unbranched alkanes of at least 4 members (excludes halogenated alkanes) is 7. The van der Waals surface area contributed by atoms with Crippen LogP contribution in [0.3, 0.4) is 0 Å². The summed E-state index contributed by atoms with van der Waals surface area (Å²) in [5.41, 5.74) is 5.15. The Bertz CT molecular complexity index is 162. The van der Waals surface area contributed by atoms with Gasteiger partial charge in [-0.15, -0.1) is 0 Å². The Balaban J connectivity index is 3.08. The number of halogens is 1. The first-order valence-corrected chi connectivity index (χ1v) is 7.03. The number of hydrogen-bond acceptors (Lipinski definition) is 1. The second kappa shape index (κ2) is 10.5. The van der Waals surface area contributed by atoms with Crippen LogP contribution in [0.2, 0.25) is 0 Å². The Morgan fingerprint density at radius 2 is 1.53 bits per heavy atom. The lowest BCUT2D eigenvalue weighted by molar-refractivity contribution is -0.117. The molecule has 0 aliphatic heterocycles. The Morgan fingerprint density at radius 3 is 2.00 bits per heavy atom. The van der Waals surface area contributed by atoms with Gasteiger partial charge in [0.1, 0.15) is 0 Å². The average molecular weight is 278 g/mol. The van der Waals surface area contributed by atoms with Gasteiger partial charge in [-0.2, -0.15) is 0 Å². The minimum atomic E-state index is -0.238. The van der Waals surface area contributed by atoms with Crippen molar-refractivity contribution in [1.29, 1.82) is 0 Å². The van der Waals surface area contributed by atoms with E-state index >= 15 is 0 Å². The van der Waals surface area contributed by atoms with Crippen LogP contribution < -0.4 is 5.73 Å². The van der Waals surface area contributed by atoms with Gasteiger partial charge in [-0.1, -0.05) is 74.2 Å². The van der Waals surface area contributed by atoms with Crippen molar-refractivity contribution in [2.75, 3.05) is 0 Å². The van der Waals surface area contributed by atoms with Crippen LogP contribution in [0.1, 0.15) is 64.7 Å². The Hall–Kier alpha value is -0.0500. The summed E-state index contributed by atoms with van der Waals surface area (Å²) in [6, 6.07) is 0. The van der Waals surface area contributed by atoms with Crippen LogP contribution in [0.15, 0.2) is 0 Å². The molecule has 0 spiro atoms. The quantitative estimate of drug-likeness (QED) is 0.480. The number of hydrogen-bond donors (Lipinski definition) is 1. The predicted molar refractivity (Wildman–Crippen MR) is 69.1 cm³/mol. The first-order valence-electron chi connectivity index (χ1n) is 6.12. The predicted octanol–water partition coefficient (Wildman–Crippen LogP) is 3.77. The monoisotopic (exact) mass is 277 g/mol. The van der Waals surface area contributed by atoms with Gasteiger partial charge in [-0.25, -0.2) is 0 Å². The fourth-order valence-corrected chi connectivity index (χ4v) is 1.92. The van der Waals surface area contributed by atoms with Crippen molar-refractivity contribution in [3.8, 4) is 0 Å². The standard InChI is InChI=1S/C12H24BrNO/c1-2-3-4-5-6-7-8-9-10-11(13)12(14)15/h11H,2-10H2,1H3,(H2,14,15). The highest BCUT2D eigenvalue weighted by Gasteiger charge is 2.08. The smallest absolute Gasteiger partial charge is 0.231 e. The van der Waals surface area contributed by atoms with Crippen LogP contribution in [-0.4, -0.2) is 10.7 Å². The van der Waals surface area contributed by atoms with Crippen LogP contribution in [0.4, 0.5) is 0 Å². The van der Waals surface area contributed by atoms with Crippen LogP contribution in [0.25, 0.3) is 0 Å². The van der Waals surface area contributed by atoms with E-state index in [0.29, 0.717) is 0 Å². The van der Waals surface area contributed by atoms with Gasteiger partial charge in [0.25, 0.3) is 0 Å². The minimum Gasteiger partial charge on any atom is -0.369 e. The molecule has 2 N–H and O–H groups in total.